The summed E-state index contributed by atoms with van der Waals surface area (Å²) in [4.78, 5) is 11.8. The van der Waals surface area contributed by atoms with Gasteiger partial charge in [-0.05, 0) is 6.92 Å². The number of aryl methyl sites for hydroxylation is 1. The van der Waals surface area contributed by atoms with Crippen molar-refractivity contribution in [3.8, 4) is 0 Å². The second-order valence-corrected chi connectivity index (χ2v) is 4.10. The third kappa shape index (κ3) is 3.63. The Kier molecular flexibility index (Phi) is 4.25. The Labute approximate surface area is 101 Å². The largest absolute Gasteiger partial charge is 0.375 e. The molecule has 1 heterocycles. The van der Waals surface area contributed by atoms with Crippen molar-refractivity contribution in [2.45, 2.75) is 13.2 Å². The van der Waals surface area contributed by atoms with Crippen LogP contribution in [0.5, 0.6) is 0 Å². The molecule has 0 radical (unpaired) electrons. The second kappa shape index (κ2) is 5.91. The summed E-state index contributed by atoms with van der Waals surface area (Å²) in [6.45, 7) is 3.98. The summed E-state index contributed by atoms with van der Waals surface area (Å²) in [5, 5.41) is 3.04. The maximum atomic E-state index is 11.8. The van der Waals surface area contributed by atoms with Gasteiger partial charge in [0.25, 0.3) is 0 Å². The molecule has 0 saturated carbocycles. The molecule has 1 aliphatic heterocycles. The van der Waals surface area contributed by atoms with E-state index in [1.54, 1.807) is 0 Å². The molecule has 1 aromatic rings. The molecule has 4 nitrogen and oxygen atoms in total. The molecule has 1 aromatic carbocycles. The summed E-state index contributed by atoms with van der Waals surface area (Å²) in [6, 6.07) is 7.57. The standard InChI is InChI=1S/C13H17NO3/c1-10-2-4-11(5-3-10)12(15)8-14-13-9-16-6-7-17-13/h2-5,13-14H,6-9H2,1H3. The molecule has 92 valence electrons. The Balaban J connectivity index is 1.82. The smallest absolute Gasteiger partial charge is 0.176 e. The third-order valence-corrected chi connectivity index (χ3v) is 2.68. The minimum atomic E-state index is -0.168. The number of rotatable bonds is 4. The van der Waals surface area contributed by atoms with E-state index in [1.165, 1.54) is 0 Å². The molecule has 1 saturated heterocycles. The van der Waals surface area contributed by atoms with Crippen LogP contribution in [0, 0.1) is 6.92 Å². The minimum Gasteiger partial charge on any atom is -0.375 e. The van der Waals surface area contributed by atoms with E-state index in [2.05, 4.69) is 5.32 Å². The highest BCUT2D eigenvalue weighted by Crippen LogP contribution is 2.04. The Morgan fingerprint density at radius 3 is 2.76 bits per heavy atom. The lowest BCUT2D eigenvalue weighted by Crippen LogP contribution is -2.42. The molecule has 0 aromatic heterocycles. The lowest BCUT2D eigenvalue weighted by Gasteiger charge is -2.23. The number of carbonyl (C=O) groups excluding carboxylic acids is 1. The van der Waals surface area contributed by atoms with E-state index in [0.717, 1.165) is 11.1 Å². The molecule has 1 fully saturated rings. The molecule has 17 heavy (non-hydrogen) atoms. The molecule has 0 amide bonds. The second-order valence-electron chi connectivity index (χ2n) is 4.10. The van der Waals surface area contributed by atoms with Crippen LogP contribution >= 0.6 is 0 Å². The van der Waals surface area contributed by atoms with Gasteiger partial charge in [0.2, 0.25) is 0 Å². The van der Waals surface area contributed by atoms with E-state index in [4.69, 9.17) is 9.47 Å². The van der Waals surface area contributed by atoms with E-state index < -0.39 is 0 Å². The summed E-state index contributed by atoms with van der Waals surface area (Å²) >= 11 is 0. The van der Waals surface area contributed by atoms with Gasteiger partial charge in [0.05, 0.1) is 26.4 Å². The summed E-state index contributed by atoms with van der Waals surface area (Å²) in [5.74, 6) is 0.0687. The van der Waals surface area contributed by atoms with Gasteiger partial charge in [-0.15, -0.1) is 0 Å². The zero-order valence-corrected chi connectivity index (χ0v) is 9.94. The van der Waals surface area contributed by atoms with Gasteiger partial charge in [-0.1, -0.05) is 29.8 Å². The average Bonchev–Trinajstić information content (AvgIpc) is 2.38. The van der Waals surface area contributed by atoms with Crippen molar-refractivity contribution < 1.29 is 14.3 Å². The molecule has 1 atom stereocenters. The summed E-state index contributed by atoms with van der Waals surface area (Å²) in [5.41, 5.74) is 1.87. The number of ether oxygens (including phenoxy) is 2. The summed E-state index contributed by atoms with van der Waals surface area (Å²) in [6.07, 6.45) is -0.168. The van der Waals surface area contributed by atoms with E-state index in [9.17, 15) is 4.79 Å². The first-order chi connectivity index (χ1) is 8.25. The number of benzene rings is 1. The van der Waals surface area contributed by atoms with Crippen LogP contribution in [0.15, 0.2) is 24.3 Å². The first kappa shape index (κ1) is 12.2. The molecule has 1 aliphatic rings. The molecule has 0 bridgehead atoms. The lowest BCUT2D eigenvalue weighted by molar-refractivity contribution is -0.100. The van der Waals surface area contributed by atoms with Gasteiger partial charge in [-0.3, -0.25) is 10.1 Å². The van der Waals surface area contributed by atoms with Gasteiger partial charge < -0.3 is 9.47 Å². The van der Waals surface area contributed by atoms with Crippen LogP contribution in [0.3, 0.4) is 0 Å². The number of Topliss-reactive ketones (excluding diaryl/α,β-unsaturated/α-hetero) is 1. The maximum Gasteiger partial charge on any atom is 0.176 e. The Hall–Kier alpha value is -1.23. The summed E-state index contributed by atoms with van der Waals surface area (Å²) < 4.78 is 10.6. The number of hydrogen-bond acceptors (Lipinski definition) is 4. The SMILES string of the molecule is Cc1ccc(C(=O)CNC2COCCO2)cc1. The van der Waals surface area contributed by atoms with E-state index in [0.29, 0.717) is 19.8 Å². The molecule has 1 N–H and O–H groups in total. The van der Waals surface area contributed by atoms with Crippen molar-refractivity contribution in [2.75, 3.05) is 26.4 Å². The molecule has 4 heteroatoms. The normalized spacial score (nSPS) is 20.2. The fourth-order valence-electron chi connectivity index (χ4n) is 1.65. The molecule has 1 unspecified atom stereocenters. The van der Waals surface area contributed by atoms with Crippen LogP contribution in [0.1, 0.15) is 15.9 Å². The quantitative estimate of drug-likeness (QED) is 0.795. The minimum absolute atomic E-state index is 0.0687. The van der Waals surface area contributed by atoms with Gasteiger partial charge in [0.1, 0.15) is 6.23 Å². The maximum absolute atomic E-state index is 11.8. The number of nitrogens with one attached hydrogen (secondary N) is 1. The lowest BCUT2D eigenvalue weighted by atomic mass is 10.1. The Bertz CT molecular complexity index is 369. The van der Waals surface area contributed by atoms with Crippen LogP contribution in [0.2, 0.25) is 0 Å². The predicted molar refractivity (Wildman–Crippen MR) is 64.1 cm³/mol. The van der Waals surface area contributed by atoms with Crippen molar-refractivity contribution >= 4 is 5.78 Å². The third-order valence-electron chi connectivity index (χ3n) is 2.68. The highest BCUT2D eigenvalue weighted by atomic mass is 16.6. The molecular weight excluding hydrogens is 218 g/mol. The fraction of sp³-hybridized carbons (Fsp3) is 0.462. The highest BCUT2D eigenvalue weighted by molar-refractivity contribution is 5.97. The van der Waals surface area contributed by atoms with Gasteiger partial charge in [-0.25, -0.2) is 0 Å². The molecule has 0 spiro atoms. The number of ketones is 1. The highest BCUT2D eigenvalue weighted by Gasteiger charge is 2.15. The van der Waals surface area contributed by atoms with Crippen LogP contribution in [-0.4, -0.2) is 38.4 Å². The van der Waals surface area contributed by atoms with Gasteiger partial charge in [0, 0.05) is 5.56 Å². The van der Waals surface area contributed by atoms with Gasteiger partial charge in [0.15, 0.2) is 5.78 Å². The Morgan fingerprint density at radius 1 is 1.35 bits per heavy atom. The first-order valence-corrected chi connectivity index (χ1v) is 5.78. The van der Waals surface area contributed by atoms with E-state index in [-0.39, 0.29) is 18.6 Å². The average molecular weight is 235 g/mol. The van der Waals surface area contributed by atoms with Crippen molar-refractivity contribution in [1.82, 2.24) is 5.32 Å². The fourth-order valence-corrected chi connectivity index (χ4v) is 1.65. The van der Waals surface area contributed by atoms with Crippen molar-refractivity contribution in [1.29, 1.82) is 0 Å². The van der Waals surface area contributed by atoms with Crippen LogP contribution in [0.4, 0.5) is 0 Å². The zero-order chi connectivity index (χ0) is 12.1. The van der Waals surface area contributed by atoms with Crippen LogP contribution < -0.4 is 5.32 Å². The number of carbonyl (C=O) groups is 1. The predicted octanol–water partition coefficient (Wildman–Crippen LogP) is 1.14. The van der Waals surface area contributed by atoms with Crippen molar-refractivity contribution in [3.63, 3.8) is 0 Å². The van der Waals surface area contributed by atoms with Gasteiger partial charge in [-0.2, -0.15) is 0 Å². The molecular formula is C13H17NO3. The number of hydrogen-bond donors (Lipinski definition) is 1. The van der Waals surface area contributed by atoms with Crippen LogP contribution in [0.25, 0.3) is 0 Å². The van der Waals surface area contributed by atoms with E-state index in [1.807, 2.05) is 31.2 Å². The molecule has 2 rings (SSSR count). The Morgan fingerprint density at radius 2 is 2.12 bits per heavy atom. The topological polar surface area (TPSA) is 47.6 Å². The van der Waals surface area contributed by atoms with Crippen molar-refractivity contribution in [2.24, 2.45) is 0 Å². The summed E-state index contributed by atoms with van der Waals surface area (Å²) in [7, 11) is 0. The van der Waals surface area contributed by atoms with Crippen LogP contribution in [-0.2, 0) is 9.47 Å². The first-order valence-electron chi connectivity index (χ1n) is 5.78. The monoisotopic (exact) mass is 235 g/mol. The van der Waals surface area contributed by atoms with Gasteiger partial charge >= 0.3 is 0 Å². The zero-order valence-electron chi connectivity index (χ0n) is 9.94. The van der Waals surface area contributed by atoms with E-state index >= 15 is 0 Å². The molecule has 0 aliphatic carbocycles. The van der Waals surface area contributed by atoms with Crippen molar-refractivity contribution in [3.05, 3.63) is 35.4 Å².